The summed E-state index contributed by atoms with van der Waals surface area (Å²) in [4.78, 5) is 31.0. The molecule has 0 saturated carbocycles. The summed E-state index contributed by atoms with van der Waals surface area (Å²) in [6, 6.07) is 14.7. The summed E-state index contributed by atoms with van der Waals surface area (Å²) < 4.78 is 5.51. The van der Waals surface area contributed by atoms with E-state index in [1.165, 1.54) is 28.3 Å². The van der Waals surface area contributed by atoms with Crippen LogP contribution in [0.2, 0.25) is 0 Å². The third-order valence-electron chi connectivity index (χ3n) is 6.62. The van der Waals surface area contributed by atoms with Crippen molar-refractivity contribution in [2.45, 2.75) is 19.4 Å². The summed E-state index contributed by atoms with van der Waals surface area (Å²) in [5, 5.41) is 0. The fourth-order valence-electron chi connectivity index (χ4n) is 4.78. The van der Waals surface area contributed by atoms with Crippen molar-refractivity contribution in [2.24, 2.45) is 0 Å². The van der Waals surface area contributed by atoms with Crippen molar-refractivity contribution < 1.29 is 14.3 Å². The van der Waals surface area contributed by atoms with Gasteiger partial charge in [0.1, 0.15) is 5.75 Å². The molecule has 2 amide bonds. The Labute approximate surface area is 190 Å². The number of amides is 2. The molecule has 0 aromatic heterocycles. The number of aryl methyl sites for hydroxylation is 1. The van der Waals surface area contributed by atoms with Gasteiger partial charge in [0, 0.05) is 32.7 Å². The van der Waals surface area contributed by atoms with E-state index in [-0.39, 0.29) is 17.9 Å². The molecule has 2 aliphatic rings. The van der Waals surface area contributed by atoms with Gasteiger partial charge in [0.2, 0.25) is 11.8 Å². The molecule has 6 heteroatoms. The Bertz CT molecular complexity index is 1010. The molecule has 1 fully saturated rings. The van der Waals surface area contributed by atoms with E-state index in [4.69, 9.17) is 4.74 Å². The van der Waals surface area contributed by atoms with E-state index >= 15 is 0 Å². The molecule has 1 saturated heterocycles. The van der Waals surface area contributed by atoms with Gasteiger partial charge >= 0.3 is 0 Å². The zero-order valence-electron chi connectivity index (χ0n) is 18.9. The summed E-state index contributed by atoms with van der Waals surface area (Å²) in [5.41, 5.74) is 4.94. The second kappa shape index (κ2) is 9.57. The number of nitrogens with zero attached hydrogens (tertiary/aromatic N) is 3. The van der Waals surface area contributed by atoms with Crippen molar-refractivity contribution in [3.8, 4) is 5.75 Å². The molecule has 4 rings (SSSR count). The third-order valence-corrected chi connectivity index (χ3v) is 6.62. The first kappa shape index (κ1) is 22.1. The van der Waals surface area contributed by atoms with Gasteiger partial charge in [-0.2, -0.15) is 0 Å². The van der Waals surface area contributed by atoms with Crippen LogP contribution >= 0.6 is 0 Å². The highest BCUT2D eigenvalue weighted by atomic mass is 16.5. The first-order valence-corrected chi connectivity index (χ1v) is 11.2. The standard InChI is InChI=1S/C26H31N3O3/c1-4-24(30)27-13-15-28(16-14-27)25(31)18-29-12-11-20-9-10-21(32-3)17-23(20)26(29)22-8-6-5-7-19(22)2/h4-10,17,26H,1,11-16,18H2,2-3H3. The lowest BCUT2D eigenvalue weighted by Crippen LogP contribution is -2.53. The lowest BCUT2D eigenvalue weighted by atomic mass is 9.86. The maximum atomic E-state index is 13.2. The SMILES string of the molecule is C=CC(=O)N1CCN(C(=O)CN2CCc3ccc(OC)cc3C2c2ccccc2C)CC1. The first-order valence-electron chi connectivity index (χ1n) is 11.2. The lowest BCUT2D eigenvalue weighted by molar-refractivity contribution is -0.138. The van der Waals surface area contributed by atoms with Crippen LogP contribution in [0.4, 0.5) is 0 Å². The molecule has 0 aliphatic carbocycles. The number of hydrogen-bond acceptors (Lipinski definition) is 4. The van der Waals surface area contributed by atoms with Gasteiger partial charge in [-0.05, 0) is 53.8 Å². The summed E-state index contributed by atoms with van der Waals surface area (Å²) in [6.07, 6.45) is 2.24. The van der Waals surface area contributed by atoms with E-state index in [0.29, 0.717) is 32.7 Å². The van der Waals surface area contributed by atoms with Gasteiger partial charge in [-0.3, -0.25) is 14.5 Å². The molecular formula is C26H31N3O3. The number of methoxy groups -OCH3 is 1. The van der Waals surface area contributed by atoms with Gasteiger partial charge in [-0.25, -0.2) is 0 Å². The van der Waals surface area contributed by atoms with Crippen molar-refractivity contribution in [3.05, 3.63) is 77.4 Å². The molecular weight excluding hydrogens is 402 g/mol. The predicted molar refractivity (Wildman–Crippen MR) is 125 cm³/mol. The Morgan fingerprint density at radius 2 is 1.75 bits per heavy atom. The summed E-state index contributed by atoms with van der Waals surface area (Å²) >= 11 is 0. The molecule has 0 N–H and O–H groups in total. The van der Waals surface area contributed by atoms with Gasteiger partial charge in [-0.1, -0.05) is 36.9 Å². The summed E-state index contributed by atoms with van der Waals surface area (Å²) in [5.74, 6) is 0.873. The molecule has 168 valence electrons. The molecule has 0 radical (unpaired) electrons. The molecule has 6 nitrogen and oxygen atoms in total. The van der Waals surface area contributed by atoms with E-state index in [1.807, 2.05) is 17.0 Å². The van der Waals surface area contributed by atoms with Crippen molar-refractivity contribution in [1.82, 2.24) is 14.7 Å². The van der Waals surface area contributed by atoms with E-state index in [9.17, 15) is 9.59 Å². The predicted octanol–water partition coefficient (Wildman–Crippen LogP) is 2.81. The molecule has 32 heavy (non-hydrogen) atoms. The smallest absolute Gasteiger partial charge is 0.246 e. The number of ether oxygens (including phenoxy) is 1. The summed E-state index contributed by atoms with van der Waals surface area (Å²) in [7, 11) is 1.69. The zero-order chi connectivity index (χ0) is 22.7. The van der Waals surface area contributed by atoms with E-state index in [2.05, 4.69) is 48.7 Å². The van der Waals surface area contributed by atoms with Gasteiger partial charge in [-0.15, -0.1) is 0 Å². The number of carbonyl (C=O) groups excluding carboxylic acids is 2. The van der Waals surface area contributed by atoms with Crippen LogP contribution in [0.1, 0.15) is 28.3 Å². The van der Waals surface area contributed by atoms with Crippen LogP contribution in [0.5, 0.6) is 5.75 Å². The number of rotatable bonds is 5. The van der Waals surface area contributed by atoms with E-state index in [1.54, 1.807) is 12.0 Å². The van der Waals surface area contributed by atoms with Crippen LogP contribution in [0.25, 0.3) is 0 Å². The third kappa shape index (κ3) is 4.41. The van der Waals surface area contributed by atoms with Gasteiger partial charge in [0.15, 0.2) is 0 Å². The van der Waals surface area contributed by atoms with Crippen molar-refractivity contribution in [2.75, 3.05) is 46.4 Å². The number of hydrogen-bond donors (Lipinski definition) is 0. The van der Waals surface area contributed by atoms with Crippen LogP contribution in [0, 0.1) is 6.92 Å². The zero-order valence-corrected chi connectivity index (χ0v) is 18.9. The Morgan fingerprint density at radius 3 is 2.44 bits per heavy atom. The minimum absolute atomic E-state index is 0.00244. The number of piperazine rings is 1. The first-order chi connectivity index (χ1) is 15.5. The van der Waals surface area contributed by atoms with Crippen molar-refractivity contribution in [3.63, 3.8) is 0 Å². The van der Waals surface area contributed by atoms with Gasteiger partial charge in [0.05, 0.1) is 19.7 Å². The molecule has 1 atom stereocenters. The largest absolute Gasteiger partial charge is 0.497 e. The second-order valence-corrected chi connectivity index (χ2v) is 8.45. The van der Waals surface area contributed by atoms with E-state index in [0.717, 1.165) is 18.7 Å². The molecule has 1 unspecified atom stereocenters. The van der Waals surface area contributed by atoms with Crippen LogP contribution in [0.15, 0.2) is 55.1 Å². The van der Waals surface area contributed by atoms with Crippen LogP contribution in [0.3, 0.4) is 0 Å². The minimum Gasteiger partial charge on any atom is -0.497 e. The molecule has 2 aromatic rings. The molecule has 2 aliphatic heterocycles. The number of fused-ring (bicyclic) bond motifs is 1. The van der Waals surface area contributed by atoms with Crippen LogP contribution < -0.4 is 4.74 Å². The van der Waals surface area contributed by atoms with Gasteiger partial charge < -0.3 is 14.5 Å². The highest BCUT2D eigenvalue weighted by molar-refractivity contribution is 5.87. The fraction of sp³-hybridized carbons (Fsp3) is 0.385. The Kier molecular flexibility index (Phi) is 6.61. The van der Waals surface area contributed by atoms with Gasteiger partial charge in [0.25, 0.3) is 0 Å². The maximum absolute atomic E-state index is 13.2. The van der Waals surface area contributed by atoms with Crippen LogP contribution in [-0.4, -0.2) is 72.9 Å². The fourth-order valence-corrected chi connectivity index (χ4v) is 4.78. The average Bonchev–Trinajstić information content (AvgIpc) is 2.83. The molecule has 0 bridgehead atoms. The minimum atomic E-state index is -0.0710. The second-order valence-electron chi connectivity index (χ2n) is 8.45. The van der Waals surface area contributed by atoms with Crippen LogP contribution in [-0.2, 0) is 16.0 Å². The highest BCUT2D eigenvalue weighted by Crippen LogP contribution is 2.38. The molecule has 2 heterocycles. The number of benzene rings is 2. The Morgan fingerprint density at radius 1 is 1.03 bits per heavy atom. The number of carbonyl (C=O) groups is 2. The monoisotopic (exact) mass is 433 g/mol. The Balaban J connectivity index is 1.57. The quantitative estimate of drug-likeness (QED) is 0.681. The average molecular weight is 434 g/mol. The van der Waals surface area contributed by atoms with Crippen molar-refractivity contribution in [1.29, 1.82) is 0 Å². The lowest BCUT2D eigenvalue weighted by Gasteiger charge is -2.40. The normalized spacial score (nSPS) is 18.8. The Hall–Kier alpha value is -3.12. The van der Waals surface area contributed by atoms with E-state index < -0.39 is 0 Å². The summed E-state index contributed by atoms with van der Waals surface area (Å²) in [6.45, 7) is 9.08. The maximum Gasteiger partial charge on any atom is 0.246 e. The highest BCUT2D eigenvalue weighted by Gasteiger charge is 2.33. The topological polar surface area (TPSA) is 53.1 Å². The van der Waals surface area contributed by atoms with Crippen molar-refractivity contribution >= 4 is 11.8 Å². The molecule has 2 aromatic carbocycles. The molecule has 0 spiro atoms.